The number of pyridine rings is 1. The summed E-state index contributed by atoms with van der Waals surface area (Å²) in [6.45, 7) is 19.7. The molecule has 9 rings (SSSR count). The summed E-state index contributed by atoms with van der Waals surface area (Å²) in [5.41, 5.74) is 2.74. The number of likely N-dealkylation sites (N-methyl/N-ethyl adjacent to an activating group) is 1. The van der Waals surface area contributed by atoms with Gasteiger partial charge in [-0.25, -0.2) is 4.98 Å². The number of carbonyl (C=O) groups is 2. The Labute approximate surface area is 343 Å². The van der Waals surface area contributed by atoms with Gasteiger partial charge in [-0.15, -0.1) is 0 Å². The summed E-state index contributed by atoms with van der Waals surface area (Å²) < 4.78 is 8.40. The van der Waals surface area contributed by atoms with E-state index in [9.17, 15) is 4.79 Å². The molecule has 2 aromatic heterocycles. The van der Waals surface area contributed by atoms with Crippen LogP contribution < -0.4 is 0 Å². The van der Waals surface area contributed by atoms with Crippen LogP contribution in [-0.2, 0) is 20.9 Å². The van der Waals surface area contributed by atoms with Crippen molar-refractivity contribution in [2.24, 2.45) is 62.1 Å². The zero-order chi connectivity index (χ0) is 40.3. The molecule has 6 saturated carbocycles. The summed E-state index contributed by atoms with van der Waals surface area (Å²) >= 11 is 0. The Bertz CT molecular complexity index is 1870. The van der Waals surface area contributed by atoms with Gasteiger partial charge in [0.15, 0.2) is 0 Å². The molecule has 1 saturated heterocycles. The van der Waals surface area contributed by atoms with Crippen molar-refractivity contribution in [2.75, 3.05) is 27.2 Å². The Morgan fingerprint density at radius 1 is 0.860 bits per heavy atom. The smallest absolute Gasteiger partial charge is 0.302 e. The van der Waals surface area contributed by atoms with E-state index in [1.165, 1.54) is 44.9 Å². The molecule has 312 valence electrons. The van der Waals surface area contributed by atoms with Gasteiger partial charge in [-0.3, -0.25) is 14.6 Å². The number of ether oxygens (including phenoxy) is 1. The van der Waals surface area contributed by atoms with Gasteiger partial charge in [-0.1, -0.05) is 41.5 Å². The third kappa shape index (κ3) is 5.88. The summed E-state index contributed by atoms with van der Waals surface area (Å²) in [6, 6.07) is 4.10. The predicted molar refractivity (Wildman–Crippen MR) is 225 cm³/mol. The first-order valence-electron chi connectivity index (χ1n) is 23.1. The summed E-state index contributed by atoms with van der Waals surface area (Å²) in [5, 5.41) is 0. The molecule has 57 heavy (non-hydrogen) atoms. The highest BCUT2D eigenvalue weighted by molar-refractivity contribution is 5.84. The molecule has 7 aliphatic rings. The molecule has 0 N–H and O–H groups in total. The Kier molecular flexibility index (Phi) is 9.50. The summed E-state index contributed by atoms with van der Waals surface area (Å²) in [6.07, 6.45) is 22.2. The SMILES string of the molecule is CC(=O)O[C@H]1CC[C@]2(C)[C@H]3CC[C@@H]4[C@H]5[C@H](C6(C)CC6)CC[C@]5(C(=O)N5CCC[C@H]5c5nc(-c6cccnc6)cn5CCN(C)C)CC[C@@]4(C)[C@]3(C)CC[C@H]2C1(C)C. The number of aromatic nitrogens is 3. The Morgan fingerprint density at radius 2 is 1.65 bits per heavy atom. The summed E-state index contributed by atoms with van der Waals surface area (Å²) in [5.74, 6) is 4.27. The molecule has 1 amide bonds. The van der Waals surface area contributed by atoms with Crippen LogP contribution in [-0.4, -0.2) is 69.5 Å². The molecule has 0 bridgehead atoms. The number of fused-ring (bicyclic) bond motifs is 7. The molecule has 1 aliphatic heterocycles. The van der Waals surface area contributed by atoms with Crippen LogP contribution in [0, 0.1) is 62.1 Å². The molecule has 2 aromatic rings. The average molecular weight is 780 g/mol. The number of nitrogens with zero attached hydrogens (tertiary/aromatic N) is 5. The quantitative estimate of drug-likeness (QED) is 0.248. The van der Waals surface area contributed by atoms with Crippen LogP contribution in [0.4, 0.5) is 0 Å². The highest BCUT2D eigenvalue weighted by atomic mass is 16.5. The van der Waals surface area contributed by atoms with E-state index >= 15 is 4.79 Å². The van der Waals surface area contributed by atoms with Crippen LogP contribution in [0.15, 0.2) is 30.7 Å². The van der Waals surface area contributed by atoms with E-state index in [-0.39, 0.29) is 45.2 Å². The molecule has 11 atom stereocenters. The average Bonchev–Trinajstić information content (AvgIpc) is 3.52. The number of esters is 1. The van der Waals surface area contributed by atoms with E-state index in [2.05, 4.69) is 87.3 Å². The zero-order valence-electron chi connectivity index (χ0n) is 36.9. The van der Waals surface area contributed by atoms with Gasteiger partial charge in [0.25, 0.3) is 0 Å². The van der Waals surface area contributed by atoms with Gasteiger partial charge in [-0.2, -0.15) is 0 Å². The van der Waals surface area contributed by atoms with Gasteiger partial charge in [0.1, 0.15) is 11.9 Å². The molecule has 0 aromatic carbocycles. The maximum atomic E-state index is 15.9. The molecule has 6 aliphatic carbocycles. The summed E-state index contributed by atoms with van der Waals surface area (Å²) in [4.78, 5) is 42.5. The monoisotopic (exact) mass is 780 g/mol. The Hall–Kier alpha value is -2.74. The van der Waals surface area contributed by atoms with Crippen LogP contribution in [0.5, 0.6) is 0 Å². The molecule has 8 nitrogen and oxygen atoms in total. The molecular weight excluding hydrogens is 707 g/mol. The number of imidazole rings is 1. The normalized spacial score (nSPS) is 41.5. The number of carbonyl (C=O) groups excluding carboxylic acids is 2. The zero-order valence-corrected chi connectivity index (χ0v) is 36.9. The fraction of sp³-hybridized carbons (Fsp3) is 0.796. The molecule has 3 heterocycles. The van der Waals surface area contributed by atoms with Crippen molar-refractivity contribution >= 4 is 11.9 Å². The lowest BCUT2D eigenvalue weighted by Crippen LogP contribution is -2.67. The first-order chi connectivity index (χ1) is 27.0. The van der Waals surface area contributed by atoms with Crippen LogP contribution in [0.25, 0.3) is 11.3 Å². The first-order valence-corrected chi connectivity index (χ1v) is 23.1. The lowest BCUT2D eigenvalue weighted by atomic mass is 9.32. The number of rotatable bonds is 8. The molecular formula is C49H73N5O3. The van der Waals surface area contributed by atoms with Crippen molar-refractivity contribution in [1.82, 2.24) is 24.3 Å². The van der Waals surface area contributed by atoms with Crippen LogP contribution in [0.3, 0.4) is 0 Å². The van der Waals surface area contributed by atoms with Crippen molar-refractivity contribution < 1.29 is 14.3 Å². The minimum atomic E-state index is -0.273. The van der Waals surface area contributed by atoms with Crippen LogP contribution in [0.2, 0.25) is 0 Å². The Balaban J connectivity index is 1.05. The van der Waals surface area contributed by atoms with Gasteiger partial charge in [0, 0.05) is 56.1 Å². The highest BCUT2D eigenvalue weighted by Crippen LogP contribution is 2.79. The van der Waals surface area contributed by atoms with Gasteiger partial charge < -0.3 is 19.1 Å². The van der Waals surface area contributed by atoms with E-state index in [0.717, 1.165) is 81.7 Å². The minimum absolute atomic E-state index is 0.00610. The van der Waals surface area contributed by atoms with E-state index in [0.29, 0.717) is 40.9 Å². The standard InChI is InChI=1S/C49H73N5O3/c1-32(55)57-40-18-19-46(5)38(44(40,2)3)17-20-48(7)39(46)15-14-35-41-34(45(4)22-23-45)16-21-49(41,25-24-47(35,48)6)43(56)54-27-11-13-37(54)42-51-36(33-12-10-26-50-30-33)31-53(42)29-28-52(8)9/h10,12,26,30-31,34-35,37-41H,11,13-25,27-29H2,1-9H3/t34-,35-,37+,38+,39-,40+,41-,46+,47-,48-,49+/m1/s1. The van der Waals surface area contributed by atoms with Gasteiger partial charge in [0.05, 0.1) is 17.2 Å². The van der Waals surface area contributed by atoms with Crippen LogP contribution >= 0.6 is 0 Å². The van der Waals surface area contributed by atoms with E-state index in [4.69, 9.17) is 9.72 Å². The number of amides is 1. The fourth-order valence-electron chi connectivity index (χ4n) is 16.1. The van der Waals surface area contributed by atoms with Crippen LogP contribution in [0.1, 0.15) is 150 Å². The second-order valence-corrected chi connectivity index (χ2v) is 22.5. The second-order valence-electron chi connectivity index (χ2n) is 22.5. The highest BCUT2D eigenvalue weighted by Gasteiger charge is 2.74. The maximum Gasteiger partial charge on any atom is 0.302 e. The maximum absolute atomic E-state index is 15.9. The third-order valence-corrected chi connectivity index (χ3v) is 19.4. The van der Waals surface area contributed by atoms with Crippen molar-refractivity contribution in [2.45, 2.75) is 157 Å². The topological polar surface area (TPSA) is 80.6 Å². The molecule has 0 radical (unpaired) electrons. The number of likely N-dealkylation sites (tertiary alicyclic amines) is 1. The lowest BCUT2D eigenvalue weighted by Gasteiger charge is -2.73. The van der Waals surface area contributed by atoms with E-state index < -0.39 is 0 Å². The number of hydrogen-bond donors (Lipinski definition) is 0. The molecule has 8 heteroatoms. The molecule has 0 unspecified atom stereocenters. The largest absolute Gasteiger partial charge is 0.462 e. The number of hydrogen-bond acceptors (Lipinski definition) is 6. The Morgan fingerprint density at radius 3 is 2.35 bits per heavy atom. The van der Waals surface area contributed by atoms with Crippen molar-refractivity contribution in [3.8, 4) is 11.3 Å². The first kappa shape index (κ1) is 39.7. The van der Waals surface area contributed by atoms with Crippen molar-refractivity contribution in [3.05, 3.63) is 36.5 Å². The van der Waals surface area contributed by atoms with Gasteiger partial charge >= 0.3 is 5.97 Å². The lowest BCUT2D eigenvalue weighted by molar-refractivity contribution is -0.251. The van der Waals surface area contributed by atoms with E-state index in [1.807, 2.05) is 18.5 Å². The molecule has 0 spiro atoms. The van der Waals surface area contributed by atoms with Crippen molar-refractivity contribution in [1.29, 1.82) is 0 Å². The molecule has 7 fully saturated rings. The summed E-state index contributed by atoms with van der Waals surface area (Å²) in [7, 11) is 4.27. The predicted octanol–water partition coefficient (Wildman–Crippen LogP) is 9.98. The third-order valence-electron chi connectivity index (χ3n) is 19.4. The van der Waals surface area contributed by atoms with E-state index in [1.54, 1.807) is 6.92 Å². The minimum Gasteiger partial charge on any atom is -0.462 e. The van der Waals surface area contributed by atoms with Gasteiger partial charge in [-0.05, 0) is 167 Å². The van der Waals surface area contributed by atoms with Crippen molar-refractivity contribution in [3.63, 3.8) is 0 Å². The fourth-order valence-corrected chi connectivity index (χ4v) is 16.1. The second kappa shape index (κ2) is 13.6. The van der Waals surface area contributed by atoms with Gasteiger partial charge in [0.2, 0.25) is 5.91 Å².